The molecule has 0 aliphatic carbocycles. The van der Waals surface area contributed by atoms with E-state index in [0.29, 0.717) is 0 Å². The van der Waals surface area contributed by atoms with Gasteiger partial charge in [-0.1, -0.05) is 233 Å². The van der Waals surface area contributed by atoms with E-state index in [1.54, 1.807) is 0 Å². The first-order valence-corrected chi connectivity index (χ1v) is 22.8. The summed E-state index contributed by atoms with van der Waals surface area (Å²) < 4.78 is 6.55. The van der Waals surface area contributed by atoms with E-state index in [9.17, 15) is 0 Å². The largest absolute Gasteiger partial charge is 0.420 e. The maximum atomic E-state index is 6.55. The van der Waals surface area contributed by atoms with Gasteiger partial charge in [-0.05, 0) is 18.1 Å². The summed E-state index contributed by atoms with van der Waals surface area (Å²) in [5.74, 6) is 0. The first-order chi connectivity index (χ1) is 20.7. The third-order valence-corrected chi connectivity index (χ3v) is 14.8. The molecule has 0 unspecified atom stereocenters. The predicted molar refractivity (Wildman–Crippen MR) is 197 cm³/mol. The average molecular weight is 609 g/mol. The quantitative estimate of drug-likeness (QED) is 0.0503. The molecular formula is C40H84OSi. The van der Waals surface area contributed by atoms with Gasteiger partial charge in [0.1, 0.15) is 0 Å². The molecular weight excluding hydrogens is 525 g/mol. The number of hydrogen-bond acceptors (Lipinski definition) is 1. The summed E-state index contributed by atoms with van der Waals surface area (Å²) in [6, 6.07) is 4.32. The van der Waals surface area contributed by atoms with E-state index in [0.717, 1.165) is 0 Å². The van der Waals surface area contributed by atoms with Crippen LogP contribution in [0.5, 0.6) is 0 Å². The molecule has 0 atom stereocenters. The van der Waals surface area contributed by atoms with Crippen molar-refractivity contribution in [1.82, 2.24) is 0 Å². The minimum atomic E-state index is -1.55. The average Bonchev–Trinajstić information content (AvgIpc) is 3.01. The standard InChI is InChI=1S/C40H84OSi/c1-5-8-11-14-17-20-23-26-29-32-35-38-42(41-4,39-36-33-30-27-24-21-18-15-12-9-6-2)40-37-34-31-28-25-22-19-16-13-10-7-3/h5-40H2,1-4H3. The van der Waals surface area contributed by atoms with Crippen molar-refractivity contribution in [2.75, 3.05) is 7.11 Å². The van der Waals surface area contributed by atoms with E-state index in [4.69, 9.17) is 4.43 Å². The SMILES string of the molecule is CCCCCCCCCCCCC[Si](CCCCCCCCCCCCC)(CCCCCCCCCCCCC)OC. The van der Waals surface area contributed by atoms with Gasteiger partial charge in [0.05, 0.1) is 0 Å². The molecule has 0 saturated heterocycles. The summed E-state index contributed by atoms with van der Waals surface area (Å²) in [5, 5.41) is 0. The zero-order valence-corrected chi connectivity index (χ0v) is 31.4. The van der Waals surface area contributed by atoms with Gasteiger partial charge >= 0.3 is 0 Å². The van der Waals surface area contributed by atoms with Crippen LogP contribution < -0.4 is 0 Å². The lowest BCUT2D eigenvalue weighted by Crippen LogP contribution is -2.36. The summed E-state index contributed by atoms with van der Waals surface area (Å²) in [4.78, 5) is 0. The van der Waals surface area contributed by atoms with Crippen LogP contribution in [0.2, 0.25) is 18.1 Å². The topological polar surface area (TPSA) is 9.23 Å². The molecule has 0 radical (unpaired) electrons. The van der Waals surface area contributed by atoms with Gasteiger partial charge in [-0.2, -0.15) is 0 Å². The molecule has 0 saturated carbocycles. The smallest absolute Gasteiger partial charge is 0.192 e. The molecule has 254 valence electrons. The highest BCUT2D eigenvalue weighted by Crippen LogP contribution is 2.30. The Morgan fingerprint density at radius 1 is 0.262 bits per heavy atom. The van der Waals surface area contributed by atoms with Crippen molar-refractivity contribution >= 4 is 8.32 Å². The Bertz CT molecular complexity index is 414. The fraction of sp³-hybridized carbons (Fsp3) is 1.00. The summed E-state index contributed by atoms with van der Waals surface area (Å²) in [6.45, 7) is 6.95. The van der Waals surface area contributed by atoms with Crippen LogP contribution in [0.3, 0.4) is 0 Å². The number of rotatable bonds is 37. The molecule has 0 amide bonds. The highest BCUT2D eigenvalue weighted by molar-refractivity contribution is 6.73. The van der Waals surface area contributed by atoms with Crippen molar-refractivity contribution in [2.24, 2.45) is 0 Å². The highest BCUT2D eigenvalue weighted by Gasteiger charge is 2.32. The van der Waals surface area contributed by atoms with Crippen LogP contribution >= 0.6 is 0 Å². The van der Waals surface area contributed by atoms with E-state index >= 15 is 0 Å². The Morgan fingerprint density at radius 3 is 0.595 bits per heavy atom. The normalized spacial score (nSPS) is 12.0. The molecule has 0 fully saturated rings. The van der Waals surface area contributed by atoms with Crippen molar-refractivity contribution in [2.45, 2.75) is 251 Å². The van der Waals surface area contributed by atoms with Gasteiger partial charge < -0.3 is 4.43 Å². The van der Waals surface area contributed by atoms with Gasteiger partial charge in [-0.25, -0.2) is 0 Å². The molecule has 2 heteroatoms. The van der Waals surface area contributed by atoms with Gasteiger partial charge in [0.15, 0.2) is 8.32 Å². The van der Waals surface area contributed by atoms with Crippen LogP contribution in [0.4, 0.5) is 0 Å². The molecule has 0 bridgehead atoms. The zero-order valence-electron chi connectivity index (χ0n) is 30.4. The summed E-state index contributed by atoms with van der Waals surface area (Å²) in [5.41, 5.74) is 0. The van der Waals surface area contributed by atoms with Gasteiger partial charge in [-0.15, -0.1) is 0 Å². The maximum Gasteiger partial charge on any atom is 0.192 e. The second kappa shape index (κ2) is 35.7. The summed E-state index contributed by atoms with van der Waals surface area (Å²) >= 11 is 0. The summed E-state index contributed by atoms with van der Waals surface area (Å²) in [6.07, 6.45) is 47.8. The second-order valence-corrected chi connectivity index (χ2v) is 18.5. The van der Waals surface area contributed by atoms with E-state index < -0.39 is 8.32 Å². The van der Waals surface area contributed by atoms with E-state index in [2.05, 4.69) is 27.9 Å². The van der Waals surface area contributed by atoms with Gasteiger partial charge in [0.2, 0.25) is 0 Å². The van der Waals surface area contributed by atoms with Crippen molar-refractivity contribution in [3.05, 3.63) is 0 Å². The fourth-order valence-electron chi connectivity index (χ4n) is 7.02. The lowest BCUT2D eigenvalue weighted by Gasteiger charge is -2.30. The molecule has 42 heavy (non-hydrogen) atoms. The van der Waals surface area contributed by atoms with Crippen LogP contribution in [0.15, 0.2) is 0 Å². The number of unbranched alkanes of at least 4 members (excludes halogenated alkanes) is 30. The van der Waals surface area contributed by atoms with Crippen LogP contribution in [0, 0.1) is 0 Å². The van der Waals surface area contributed by atoms with E-state index in [1.807, 2.05) is 0 Å². The van der Waals surface area contributed by atoms with E-state index in [-0.39, 0.29) is 0 Å². The van der Waals surface area contributed by atoms with Gasteiger partial charge in [0, 0.05) is 7.11 Å². The molecule has 0 rings (SSSR count). The Balaban J connectivity index is 4.21. The van der Waals surface area contributed by atoms with Crippen LogP contribution in [-0.4, -0.2) is 15.4 Å². The highest BCUT2D eigenvalue weighted by atomic mass is 28.4. The van der Waals surface area contributed by atoms with Crippen LogP contribution in [0.25, 0.3) is 0 Å². The minimum absolute atomic E-state index is 1.37. The maximum absolute atomic E-state index is 6.55. The first kappa shape index (κ1) is 42.2. The van der Waals surface area contributed by atoms with Crippen molar-refractivity contribution in [3.8, 4) is 0 Å². The Labute approximate surface area is 270 Å². The van der Waals surface area contributed by atoms with Crippen molar-refractivity contribution in [3.63, 3.8) is 0 Å². The van der Waals surface area contributed by atoms with Crippen molar-refractivity contribution < 1.29 is 4.43 Å². The molecule has 0 aromatic carbocycles. The lowest BCUT2D eigenvalue weighted by atomic mass is 10.1. The molecule has 0 spiro atoms. The Kier molecular flexibility index (Phi) is 35.8. The molecule has 0 aliphatic rings. The predicted octanol–water partition coefficient (Wildman–Crippen LogP) is 15.5. The van der Waals surface area contributed by atoms with Gasteiger partial charge in [-0.3, -0.25) is 0 Å². The van der Waals surface area contributed by atoms with Crippen LogP contribution in [-0.2, 0) is 4.43 Å². The summed E-state index contributed by atoms with van der Waals surface area (Å²) in [7, 11) is 0.547. The molecule has 0 aliphatic heterocycles. The Hall–Kier alpha value is 0.177. The molecule has 0 aromatic rings. The fourth-order valence-corrected chi connectivity index (χ4v) is 11.1. The number of hydrogen-bond donors (Lipinski definition) is 0. The third kappa shape index (κ3) is 30.2. The lowest BCUT2D eigenvalue weighted by molar-refractivity contribution is 0.380. The second-order valence-electron chi connectivity index (χ2n) is 14.2. The minimum Gasteiger partial charge on any atom is -0.420 e. The van der Waals surface area contributed by atoms with Crippen LogP contribution in [0.1, 0.15) is 233 Å². The zero-order chi connectivity index (χ0) is 30.7. The Morgan fingerprint density at radius 2 is 0.429 bits per heavy atom. The molecule has 1 nitrogen and oxygen atoms in total. The molecule has 0 N–H and O–H groups in total. The van der Waals surface area contributed by atoms with Crippen molar-refractivity contribution in [1.29, 1.82) is 0 Å². The molecule has 0 heterocycles. The van der Waals surface area contributed by atoms with Gasteiger partial charge in [0.25, 0.3) is 0 Å². The molecule has 0 aromatic heterocycles. The monoisotopic (exact) mass is 609 g/mol. The van der Waals surface area contributed by atoms with E-state index in [1.165, 1.54) is 230 Å². The first-order valence-electron chi connectivity index (χ1n) is 20.3. The third-order valence-electron chi connectivity index (χ3n) is 10.1.